The van der Waals surface area contributed by atoms with Gasteiger partial charge in [0, 0.05) is 0 Å². The molecule has 0 atom stereocenters. The van der Waals surface area contributed by atoms with Crippen molar-refractivity contribution >= 4 is 17.3 Å². The molecule has 0 saturated heterocycles. The second kappa shape index (κ2) is 4.87. The maximum Gasteiger partial charge on any atom is 0.416 e. The average Bonchev–Trinajstić information content (AvgIpc) is 2.76. The van der Waals surface area contributed by atoms with Crippen LogP contribution in [0.25, 0.3) is 0 Å². The number of hydrogen-bond donors (Lipinski definition) is 2. The van der Waals surface area contributed by atoms with E-state index in [0.29, 0.717) is 5.69 Å². The van der Waals surface area contributed by atoms with E-state index in [1.165, 1.54) is 0 Å². The molecule has 2 rings (SSSR count). The Morgan fingerprint density at radius 1 is 1.40 bits per heavy atom. The van der Waals surface area contributed by atoms with Crippen molar-refractivity contribution in [2.45, 2.75) is 13.1 Å². The molecule has 5 nitrogen and oxygen atoms in total. The summed E-state index contributed by atoms with van der Waals surface area (Å²) in [6, 6.07) is 2.67. The minimum atomic E-state index is -4.49. The Balaban J connectivity index is 2.23. The highest BCUT2D eigenvalue weighted by Crippen LogP contribution is 2.32. The van der Waals surface area contributed by atoms with Gasteiger partial charge in [0.1, 0.15) is 0 Å². The number of carbonyl (C=O) groups is 1. The van der Waals surface area contributed by atoms with Gasteiger partial charge < -0.3 is 15.5 Å². The third-order valence-electron chi connectivity index (χ3n) is 2.58. The number of nitrogens with two attached hydrogens (primary N) is 1. The number of carbonyl (C=O) groups excluding carboxylic acids is 1. The Hall–Kier alpha value is -2.51. The summed E-state index contributed by atoms with van der Waals surface area (Å²) in [5.74, 6) is -0.657. The molecule has 0 aliphatic carbocycles. The third kappa shape index (κ3) is 2.73. The summed E-state index contributed by atoms with van der Waals surface area (Å²) in [5.41, 5.74) is 4.86. The van der Waals surface area contributed by atoms with E-state index in [4.69, 9.17) is 10.2 Å². The van der Waals surface area contributed by atoms with Gasteiger partial charge >= 0.3 is 6.18 Å². The number of nitrogens with zero attached hydrogens (tertiary/aromatic N) is 1. The zero-order valence-corrected chi connectivity index (χ0v) is 10.3. The van der Waals surface area contributed by atoms with Gasteiger partial charge in [-0.15, -0.1) is 0 Å². The molecule has 0 saturated carbocycles. The number of benzene rings is 1. The van der Waals surface area contributed by atoms with Gasteiger partial charge in [-0.2, -0.15) is 13.2 Å². The van der Waals surface area contributed by atoms with Crippen molar-refractivity contribution < 1.29 is 22.4 Å². The van der Waals surface area contributed by atoms with Gasteiger partial charge in [0.05, 0.1) is 22.6 Å². The minimum absolute atomic E-state index is 0.0238. The molecule has 0 fully saturated rings. The normalized spacial score (nSPS) is 11.4. The van der Waals surface area contributed by atoms with Crippen molar-refractivity contribution in [1.82, 2.24) is 4.98 Å². The first kappa shape index (κ1) is 13.9. The summed E-state index contributed by atoms with van der Waals surface area (Å²) in [6.45, 7) is 1.56. The van der Waals surface area contributed by atoms with Crippen LogP contribution in [0.3, 0.4) is 0 Å². The Morgan fingerprint density at radius 2 is 2.10 bits per heavy atom. The standard InChI is InChI=1S/C12H10F3N3O2/c1-6-10(20-5-17-6)11(19)18-9-3-2-7(4-8(9)16)12(13,14)15/h2-5H,16H2,1H3,(H,18,19). The van der Waals surface area contributed by atoms with Crippen LogP contribution in [-0.4, -0.2) is 10.9 Å². The van der Waals surface area contributed by atoms with Crippen LogP contribution in [-0.2, 0) is 6.18 Å². The lowest BCUT2D eigenvalue weighted by atomic mass is 10.1. The smallest absolute Gasteiger partial charge is 0.416 e. The van der Waals surface area contributed by atoms with Crippen LogP contribution in [0.4, 0.5) is 24.5 Å². The Labute approximate surface area is 111 Å². The monoisotopic (exact) mass is 285 g/mol. The van der Waals surface area contributed by atoms with E-state index < -0.39 is 17.6 Å². The molecular weight excluding hydrogens is 275 g/mol. The molecule has 1 heterocycles. The van der Waals surface area contributed by atoms with E-state index in [1.54, 1.807) is 6.92 Å². The summed E-state index contributed by atoms with van der Waals surface area (Å²) in [5, 5.41) is 2.37. The average molecular weight is 285 g/mol. The SMILES string of the molecule is Cc1ncoc1C(=O)Nc1ccc(C(F)(F)F)cc1N. The summed E-state index contributed by atoms with van der Waals surface area (Å²) >= 11 is 0. The van der Waals surface area contributed by atoms with Crippen molar-refractivity contribution in [2.24, 2.45) is 0 Å². The highest BCUT2D eigenvalue weighted by molar-refractivity contribution is 6.04. The number of aryl methyl sites for hydroxylation is 1. The number of aromatic nitrogens is 1. The first-order valence-electron chi connectivity index (χ1n) is 5.47. The first-order chi connectivity index (χ1) is 9.29. The second-order valence-electron chi connectivity index (χ2n) is 4.02. The van der Waals surface area contributed by atoms with Crippen LogP contribution in [0.2, 0.25) is 0 Å². The van der Waals surface area contributed by atoms with Gasteiger partial charge in [-0.25, -0.2) is 4.98 Å². The van der Waals surface area contributed by atoms with Crippen LogP contribution >= 0.6 is 0 Å². The number of anilines is 2. The number of oxazole rings is 1. The van der Waals surface area contributed by atoms with Crippen LogP contribution in [0, 0.1) is 6.92 Å². The maximum atomic E-state index is 12.5. The van der Waals surface area contributed by atoms with Crippen LogP contribution in [0.1, 0.15) is 21.8 Å². The fraction of sp³-hybridized carbons (Fsp3) is 0.167. The molecule has 0 aliphatic heterocycles. The predicted octanol–water partition coefficient (Wildman–Crippen LogP) is 2.84. The molecule has 0 bridgehead atoms. The van der Waals surface area contributed by atoms with E-state index in [9.17, 15) is 18.0 Å². The topological polar surface area (TPSA) is 81.2 Å². The molecule has 0 unspecified atom stereocenters. The van der Waals surface area contributed by atoms with E-state index in [2.05, 4.69) is 10.3 Å². The molecule has 1 amide bonds. The molecule has 3 N–H and O–H groups in total. The van der Waals surface area contributed by atoms with Crippen molar-refractivity contribution in [2.75, 3.05) is 11.1 Å². The van der Waals surface area contributed by atoms with E-state index in [1.807, 2.05) is 0 Å². The number of amides is 1. The van der Waals surface area contributed by atoms with Gasteiger partial charge in [0.15, 0.2) is 6.39 Å². The summed E-state index contributed by atoms with van der Waals surface area (Å²) in [7, 11) is 0. The largest absolute Gasteiger partial charge is 0.438 e. The molecule has 0 spiro atoms. The molecule has 1 aromatic carbocycles. The fourth-order valence-corrected chi connectivity index (χ4v) is 1.55. The van der Waals surface area contributed by atoms with Crippen LogP contribution in [0.5, 0.6) is 0 Å². The maximum absolute atomic E-state index is 12.5. The lowest BCUT2D eigenvalue weighted by Gasteiger charge is -2.11. The Bertz CT molecular complexity index is 650. The highest BCUT2D eigenvalue weighted by Gasteiger charge is 2.31. The quantitative estimate of drug-likeness (QED) is 0.831. The Kier molecular flexibility index (Phi) is 3.39. The predicted molar refractivity (Wildman–Crippen MR) is 65.0 cm³/mol. The van der Waals surface area contributed by atoms with Gasteiger partial charge in [0.25, 0.3) is 5.91 Å². The molecule has 20 heavy (non-hydrogen) atoms. The number of nitrogen functional groups attached to an aromatic ring is 1. The van der Waals surface area contributed by atoms with E-state index in [-0.39, 0.29) is 17.1 Å². The van der Waals surface area contributed by atoms with Gasteiger partial charge in [0.2, 0.25) is 5.76 Å². The van der Waals surface area contributed by atoms with Gasteiger partial charge in [-0.1, -0.05) is 0 Å². The van der Waals surface area contributed by atoms with Crippen molar-refractivity contribution in [3.05, 3.63) is 41.6 Å². The van der Waals surface area contributed by atoms with Gasteiger partial charge in [-0.3, -0.25) is 4.79 Å². The molecule has 0 aliphatic rings. The lowest BCUT2D eigenvalue weighted by Crippen LogP contribution is -2.14. The van der Waals surface area contributed by atoms with Crippen molar-refractivity contribution in [3.63, 3.8) is 0 Å². The van der Waals surface area contributed by atoms with Crippen LogP contribution in [0.15, 0.2) is 29.0 Å². The van der Waals surface area contributed by atoms with Crippen LogP contribution < -0.4 is 11.1 Å². The van der Waals surface area contributed by atoms with E-state index in [0.717, 1.165) is 24.6 Å². The Morgan fingerprint density at radius 3 is 2.60 bits per heavy atom. The molecule has 1 aromatic heterocycles. The summed E-state index contributed by atoms with van der Waals surface area (Å²) in [4.78, 5) is 15.5. The fourth-order valence-electron chi connectivity index (χ4n) is 1.55. The number of nitrogens with one attached hydrogen (secondary N) is 1. The van der Waals surface area contributed by atoms with Crippen molar-refractivity contribution in [3.8, 4) is 0 Å². The first-order valence-corrected chi connectivity index (χ1v) is 5.47. The molecular formula is C12H10F3N3O2. The minimum Gasteiger partial charge on any atom is -0.438 e. The summed E-state index contributed by atoms with van der Waals surface area (Å²) < 4.78 is 42.3. The summed E-state index contributed by atoms with van der Waals surface area (Å²) in [6.07, 6.45) is -3.39. The highest BCUT2D eigenvalue weighted by atomic mass is 19.4. The number of alkyl halides is 3. The molecule has 106 valence electrons. The second-order valence-corrected chi connectivity index (χ2v) is 4.02. The van der Waals surface area contributed by atoms with Crippen molar-refractivity contribution in [1.29, 1.82) is 0 Å². The number of rotatable bonds is 2. The van der Waals surface area contributed by atoms with Gasteiger partial charge in [-0.05, 0) is 25.1 Å². The lowest BCUT2D eigenvalue weighted by molar-refractivity contribution is -0.137. The molecule has 2 aromatic rings. The van der Waals surface area contributed by atoms with E-state index >= 15 is 0 Å². The zero-order valence-electron chi connectivity index (χ0n) is 10.3. The third-order valence-corrected chi connectivity index (χ3v) is 2.58. The molecule has 0 radical (unpaired) electrons. The number of hydrogen-bond acceptors (Lipinski definition) is 4. The molecule has 8 heteroatoms. The zero-order chi connectivity index (χ0) is 14.9. The number of halogens is 3.